The van der Waals surface area contributed by atoms with Gasteiger partial charge in [-0.3, -0.25) is 4.79 Å². The molecule has 20 heavy (non-hydrogen) atoms. The summed E-state index contributed by atoms with van der Waals surface area (Å²) in [5.74, 6) is 2.76. The monoisotopic (exact) mass is 279 g/mol. The van der Waals surface area contributed by atoms with Gasteiger partial charge in [0.2, 0.25) is 0 Å². The van der Waals surface area contributed by atoms with Gasteiger partial charge in [-0.1, -0.05) is 0 Å². The number of rotatable bonds is 4. The fraction of sp³-hybridized carbons (Fsp3) is 0.938. The van der Waals surface area contributed by atoms with E-state index in [0.717, 1.165) is 23.7 Å². The van der Waals surface area contributed by atoms with Crippen molar-refractivity contribution >= 4 is 5.97 Å². The van der Waals surface area contributed by atoms with Crippen LogP contribution < -0.4 is 5.32 Å². The molecular weight excluding hydrogens is 254 g/mol. The third-order valence-electron chi connectivity index (χ3n) is 6.67. The molecule has 3 N–H and O–H groups in total. The molecule has 4 nitrogen and oxygen atoms in total. The van der Waals surface area contributed by atoms with Crippen LogP contribution in [0.1, 0.15) is 44.9 Å². The molecule has 0 saturated heterocycles. The molecule has 4 fully saturated rings. The molecule has 4 heteroatoms. The zero-order valence-electron chi connectivity index (χ0n) is 11.9. The second kappa shape index (κ2) is 4.44. The molecule has 4 saturated carbocycles. The Kier molecular flexibility index (Phi) is 2.90. The number of nitrogens with one attached hydrogen (secondary N) is 1. The van der Waals surface area contributed by atoms with Crippen LogP contribution in [-0.2, 0) is 4.79 Å². The van der Waals surface area contributed by atoms with Crippen LogP contribution in [0.2, 0.25) is 0 Å². The molecule has 4 atom stereocenters. The van der Waals surface area contributed by atoms with Crippen LogP contribution in [0.5, 0.6) is 0 Å². The maximum absolute atomic E-state index is 11.0. The molecule has 4 aliphatic carbocycles. The SMILES string of the molecule is O=C(O)C1CCC(O)(CNC2C3C4CCC(C4)C23)CC1. The highest BCUT2D eigenvalue weighted by Gasteiger charge is 2.64. The summed E-state index contributed by atoms with van der Waals surface area (Å²) in [6.45, 7) is 0.663. The third-order valence-corrected chi connectivity index (χ3v) is 6.67. The molecule has 0 aromatic heterocycles. The maximum atomic E-state index is 11.0. The van der Waals surface area contributed by atoms with Crippen molar-refractivity contribution in [2.45, 2.75) is 56.6 Å². The number of fused-ring (bicyclic) bond motifs is 5. The predicted octanol–water partition coefficient (Wildman–Crippen LogP) is 1.63. The van der Waals surface area contributed by atoms with Gasteiger partial charge in [-0.15, -0.1) is 0 Å². The van der Waals surface area contributed by atoms with E-state index in [1.54, 1.807) is 0 Å². The maximum Gasteiger partial charge on any atom is 0.306 e. The van der Waals surface area contributed by atoms with Crippen LogP contribution in [0.4, 0.5) is 0 Å². The van der Waals surface area contributed by atoms with Gasteiger partial charge in [0.15, 0.2) is 0 Å². The molecule has 112 valence electrons. The summed E-state index contributed by atoms with van der Waals surface area (Å²) in [4.78, 5) is 11.0. The average molecular weight is 279 g/mol. The number of aliphatic hydroxyl groups is 1. The Balaban J connectivity index is 1.27. The fourth-order valence-electron chi connectivity index (χ4n) is 5.48. The summed E-state index contributed by atoms with van der Waals surface area (Å²) < 4.78 is 0. The molecule has 4 aliphatic rings. The molecule has 0 amide bonds. The zero-order valence-corrected chi connectivity index (χ0v) is 11.9. The van der Waals surface area contributed by atoms with Gasteiger partial charge in [0.25, 0.3) is 0 Å². The molecule has 4 unspecified atom stereocenters. The Morgan fingerprint density at radius 3 is 2.25 bits per heavy atom. The number of hydrogen-bond acceptors (Lipinski definition) is 3. The normalized spacial score (nSPS) is 52.9. The molecular formula is C16H25NO3. The zero-order chi connectivity index (χ0) is 13.9. The van der Waals surface area contributed by atoms with Crippen LogP contribution >= 0.6 is 0 Å². The van der Waals surface area contributed by atoms with Crippen LogP contribution in [-0.4, -0.2) is 34.4 Å². The summed E-state index contributed by atoms with van der Waals surface area (Å²) in [5, 5.41) is 23.2. The van der Waals surface area contributed by atoms with Gasteiger partial charge in [-0.25, -0.2) is 0 Å². The van der Waals surface area contributed by atoms with Gasteiger partial charge in [0.05, 0.1) is 11.5 Å². The lowest BCUT2D eigenvalue weighted by Crippen LogP contribution is -2.45. The van der Waals surface area contributed by atoms with Crippen LogP contribution in [0.25, 0.3) is 0 Å². The first-order valence-corrected chi connectivity index (χ1v) is 8.26. The summed E-state index contributed by atoms with van der Waals surface area (Å²) in [7, 11) is 0. The number of carboxylic acid groups (broad SMARTS) is 1. The van der Waals surface area contributed by atoms with E-state index in [4.69, 9.17) is 5.11 Å². The van der Waals surface area contributed by atoms with Gasteiger partial charge in [-0.05, 0) is 68.6 Å². The third kappa shape index (κ3) is 2.00. The van der Waals surface area contributed by atoms with Crippen LogP contribution in [0.15, 0.2) is 0 Å². The lowest BCUT2D eigenvalue weighted by molar-refractivity contribution is -0.144. The van der Waals surface area contributed by atoms with Gasteiger partial charge in [0, 0.05) is 12.6 Å². The van der Waals surface area contributed by atoms with Gasteiger partial charge < -0.3 is 15.5 Å². The average Bonchev–Trinajstić information content (AvgIpc) is 2.81. The van der Waals surface area contributed by atoms with Gasteiger partial charge in [-0.2, -0.15) is 0 Å². The second-order valence-electron chi connectivity index (χ2n) is 7.73. The molecule has 0 heterocycles. The molecule has 0 radical (unpaired) electrons. The Morgan fingerprint density at radius 1 is 1.10 bits per heavy atom. The molecule has 0 aromatic carbocycles. The lowest BCUT2D eigenvalue weighted by Gasteiger charge is -2.35. The minimum absolute atomic E-state index is 0.244. The highest BCUT2D eigenvalue weighted by molar-refractivity contribution is 5.70. The van der Waals surface area contributed by atoms with Crippen LogP contribution in [0, 0.1) is 29.6 Å². The van der Waals surface area contributed by atoms with E-state index in [0.29, 0.717) is 38.3 Å². The molecule has 0 spiro atoms. The Morgan fingerprint density at radius 2 is 1.70 bits per heavy atom. The molecule has 0 aliphatic heterocycles. The second-order valence-corrected chi connectivity index (χ2v) is 7.73. The van der Waals surface area contributed by atoms with E-state index in [1.165, 1.54) is 19.3 Å². The highest BCUT2D eigenvalue weighted by Crippen LogP contribution is 2.65. The summed E-state index contributed by atoms with van der Waals surface area (Å²) in [6, 6.07) is 0.655. The van der Waals surface area contributed by atoms with Crippen molar-refractivity contribution in [3.05, 3.63) is 0 Å². The van der Waals surface area contributed by atoms with E-state index in [9.17, 15) is 9.90 Å². The smallest absolute Gasteiger partial charge is 0.306 e. The Bertz CT molecular complexity index is 400. The van der Waals surface area contributed by atoms with Crippen molar-refractivity contribution in [3.8, 4) is 0 Å². The minimum Gasteiger partial charge on any atom is -0.481 e. The van der Waals surface area contributed by atoms with Crippen molar-refractivity contribution in [1.29, 1.82) is 0 Å². The number of carboxylic acids is 1. The van der Waals surface area contributed by atoms with Crippen molar-refractivity contribution in [1.82, 2.24) is 5.32 Å². The predicted molar refractivity (Wildman–Crippen MR) is 74.1 cm³/mol. The van der Waals surface area contributed by atoms with E-state index < -0.39 is 11.6 Å². The Hall–Kier alpha value is -0.610. The first kappa shape index (κ1) is 13.1. The minimum atomic E-state index is -0.701. The Labute approximate surface area is 119 Å². The molecule has 4 rings (SSSR count). The summed E-state index contributed by atoms with van der Waals surface area (Å²) in [5.41, 5.74) is -0.665. The lowest BCUT2D eigenvalue weighted by atomic mass is 9.79. The van der Waals surface area contributed by atoms with Crippen molar-refractivity contribution in [2.24, 2.45) is 29.6 Å². The van der Waals surface area contributed by atoms with E-state index in [1.807, 2.05) is 0 Å². The van der Waals surface area contributed by atoms with Crippen molar-refractivity contribution in [3.63, 3.8) is 0 Å². The molecule has 0 aromatic rings. The largest absolute Gasteiger partial charge is 0.481 e. The number of aliphatic carboxylic acids is 1. The van der Waals surface area contributed by atoms with Crippen molar-refractivity contribution < 1.29 is 15.0 Å². The number of hydrogen-bond donors (Lipinski definition) is 3. The first-order chi connectivity index (χ1) is 9.57. The molecule has 2 bridgehead atoms. The first-order valence-electron chi connectivity index (χ1n) is 8.26. The summed E-state index contributed by atoms with van der Waals surface area (Å²) >= 11 is 0. The summed E-state index contributed by atoms with van der Waals surface area (Å²) in [6.07, 6.45) is 6.81. The van der Waals surface area contributed by atoms with Gasteiger partial charge in [0.1, 0.15) is 0 Å². The highest BCUT2D eigenvalue weighted by atomic mass is 16.4. The fourth-order valence-corrected chi connectivity index (χ4v) is 5.48. The van der Waals surface area contributed by atoms with E-state index in [2.05, 4.69) is 5.32 Å². The van der Waals surface area contributed by atoms with E-state index in [-0.39, 0.29) is 5.92 Å². The van der Waals surface area contributed by atoms with Crippen molar-refractivity contribution in [2.75, 3.05) is 6.54 Å². The van der Waals surface area contributed by atoms with Gasteiger partial charge >= 0.3 is 5.97 Å². The topological polar surface area (TPSA) is 69.6 Å². The number of carbonyl (C=O) groups is 1. The quantitative estimate of drug-likeness (QED) is 0.731. The van der Waals surface area contributed by atoms with Crippen LogP contribution in [0.3, 0.4) is 0 Å². The standard InChI is InChI=1S/C16H25NO3/c18-15(19)9-3-5-16(20,6-4-9)8-17-14-12-10-1-2-11(7-10)13(12)14/h9-14,17,20H,1-8H2,(H,18,19). The van der Waals surface area contributed by atoms with E-state index >= 15 is 0 Å².